The zero-order valence-corrected chi connectivity index (χ0v) is 19.4. The molecule has 1 aliphatic rings. The summed E-state index contributed by atoms with van der Waals surface area (Å²) in [5.41, 5.74) is 0.743. The summed E-state index contributed by atoms with van der Waals surface area (Å²) < 4.78 is 49.4. The van der Waals surface area contributed by atoms with Crippen molar-refractivity contribution in [3.63, 3.8) is 0 Å². The Hall–Kier alpha value is -3.47. The van der Waals surface area contributed by atoms with Crippen molar-refractivity contribution in [2.75, 3.05) is 33.4 Å². The Morgan fingerprint density at radius 3 is 2.59 bits per heavy atom. The van der Waals surface area contributed by atoms with E-state index in [9.17, 15) is 13.2 Å². The van der Waals surface area contributed by atoms with Gasteiger partial charge < -0.3 is 18.9 Å². The van der Waals surface area contributed by atoms with Crippen LogP contribution in [-0.2, 0) is 26.1 Å². The number of carbonyl (C=O) groups is 1. The average molecular weight is 485 g/mol. The van der Waals surface area contributed by atoms with E-state index in [1.807, 2.05) is 6.07 Å². The molecular weight excluding hydrogens is 460 g/mol. The van der Waals surface area contributed by atoms with Crippen molar-refractivity contribution < 1.29 is 32.2 Å². The first-order valence-corrected chi connectivity index (χ1v) is 12.0. The number of esters is 1. The molecule has 2 heterocycles. The molecule has 0 atom stereocenters. The van der Waals surface area contributed by atoms with Crippen LogP contribution >= 0.6 is 0 Å². The smallest absolute Gasteiger partial charge is 0.338 e. The van der Waals surface area contributed by atoms with E-state index in [1.165, 1.54) is 29.6 Å². The molecule has 2 aromatic carbocycles. The third-order valence-corrected chi connectivity index (χ3v) is 7.10. The number of ether oxygens (including phenoxy) is 4. The minimum atomic E-state index is -3.87. The van der Waals surface area contributed by atoms with E-state index < -0.39 is 16.0 Å². The van der Waals surface area contributed by atoms with Crippen molar-refractivity contribution in [1.29, 1.82) is 0 Å². The SMILES string of the molecule is COc1ccc(C(=O)OCc2ccccc2Oc2cccnc2)cc1S(=O)(=O)N1CCOCC1. The summed E-state index contributed by atoms with van der Waals surface area (Å²) in [5, 5.41) is 0. The maximum absolute atomic E-state index is 13.2. The van der Waals surface area contributed by atoms with E-state index in [4.69, 9.17) is 18.9 Å². The van der Waals surface area contributed by atoms with Crippen LogP contribution in [0.1, 0.15) is 15.9 Å². The molecule has 1 saturated heterocycles. The monoisotopic (exact) mass is 484 g/mol. The van der Waals surface area contributed by atoms with Crippen LogP contribution in [0.15, 0.2) is 71.9 Å². The van der Waals surface area contributed by atoms with Crippen LogP contribution in [0.4, 0.5) is 0 Å². The van der Waals surface area contributed by atoms with Gasteiger partial charge in [-0.15, -0.1) is 0 Å². The van der Waals surface area contributed by atoms with Crippen LogP contribution in [0, 0.1) is 0 Å². The number of methoxy groups -OCH3 is 1. The molecule has 0 saturated carbocycles. The van der Waals surface area contributed by atoms with Crippen molar-refractivity contribution in [1.82, 2.24) is 9.29 Å². The molecule has 34 heavy (non-hydrogen) atoms. The van der Waals surface area contributed by atoms with Gasteiger partial charge in [0.05, 0.1) is 32.1 Å². The third kappa shape index (κ3) is 5.36. The second kappa shape index (κ2) is 10.6. The lowest BCUT2D eigenvalue weighted by Crippen LogP contribution is -2.40. The number of para-hydroxylation sites is 1. The number of hydrogen-bond donors (Lipinski definition) is 0. The zero-order chi connectivity index (χ0) is 24.0. The number of nitrogens with zero attached hydrogens (tertiary/aromatic N) is 2. The third-order valence-electron chi connectivity index (χ3n) is 5.18. The molecule has 1 aliphatic heterocycles. The predicted octanol–water partition coefficient (Wildman–Crippen LogP) is 3.26. The van der Waals surface area contributed by atoms with Crippen molar-refractivity contribution in [2.45, 2.75) is 11.5 Å². The minimum absolute atomic E-state index is 0.0627. The maximum atomic E-state index is 13.2. The molecule has 0 spiro atoms. The number of hydrogen-bond acceptors (Lipinski definition) is 8. The molecule has 178 valence electrons. The number of pyridine rings is 1. The molecule has 0 unspecified atom stereocenters. The summed E-state index contributed by atoms with van der Waals surface area (Å²) in [4.78, 5) is 16.7. The van der Waals surface area contributed by atoms with Gasteiger partial charge in [-0.05, 0) is 36.4 Å². The Bertz CT molecular complexity index is 1240. The van der Waals surface area contributed by atoms with Crippen molar-refractivity contribution in [3.05, 3.63) is 78.1 Å². The fourth-order valence-electron chi connectivity index (χ4n) is 3.42. The summed E-state index contributed by atoms with van der Waals surface area (Å²) >= 11 is 0. The molecule has 0 aliphatic carbocycles. The summed E-state index contributed by atoms with van der Waals surface area (Å²) in [6.07, 6.45) is 3.22. The van der Waals surface area contributed by atoms with Crippen LogP contribution < -0.4 is 9.47 Å². The highest BCUT2D eigenvalue weighted by Gasteiger charge is 2.30. The van der Waals surface area contributed by atoms with E-state index in [0.717, 1.165) is 0 Å². The van der Waals surface area contributed by atoms with Crippen LogP contribution in [-0.4, -0.2) is 57.1 Å². The average Bonchev–Trinajstić information content (AvgIpc) is 2.88. The lowest BCUT2D eigenvalue weighted by molar-refractivity contribution is 0.0470. The van der Waals surface area contributed by atoms with Gasteiger partial charge in [0.2, 0.25) is 10.0 Å². The van der Waals surface area contributed by atoms with Crippen LogP contribution in [0.3, 0.4) is 0 Å². The molecule has 9 nitrogen and oxygen atoms in total. The van der Waals surface area contributed by atoms with Crippen LogP contribution in [0.2, 0.25) is 0 Å². The van der Waals surface area contributed by atoms with Gasteiger partial charge in [0.25, 0.3) is 0 Å². The van der Waals surface area contributed by atoms with E-state index >= 15 is 0 Å². The fourth-order valence-corrected chi connectivity index (χ4v) is 5.00. The topological polar surface area (TPSA) is 104 Å². The van der Waals surface area contributed by atoms with Gasteiger partial charge in [-0.2, -0.15) is 4.31 Å². The Morgan fingerprint density at radius 2 is 1.85 bits per heavy atom. The molecule has 10 heteroatoms. The zero-order valence-electron chi connectivity index (χ0n) is 18.5. The van der Waals surface area contributed by atoms with E-state index in [1.54, 1.807) is 42.7 Å². The molecule has 0 radical (unpaired) electrons. The first kappa shape index (κ1) is 23.7. The Kier molecular flexibility index (Phi) is 7.41. The predicted molar refractivity (Wildman–Crippen MR) is 122 cm³/mol. The lowest BCUT2D eigenvalue weighted by Gasteiger charge is -2.26. The molecule has 0 bridgehead atoms. The highest BCUT2D eigenvalue weighted by Crippen LogP contribution is 2.29. The van der Waals surface area contributed by atoms with Crippen LogP contribution in [0.5, 0.6) is 17.2 Å². The molecule has 3 aromatic rings. The Labute approximate surface area is 197 Å². The number of carbonyl (C=O) groups excluding carboxylic acids is 1. The first-order valence-electron chi connectivity index (χ1n) is 10.6. The van der Waals surface area contributed by atoms with Crippen molar-refractivity contribution in [2.24, 2.45) is 0 Å². The van der Waals surface area contributed by atoms with E-state index in [-0.39, 0.29) is 35.9 Å². The summed E-state index contributed by atoms with van der Waals surface area (Å²) in [7, 11) is -2.49. The van der Waals surface area contributed by atoms with Gasteiger partial charge >= 0.3 is 5.97 Å². The number of sulfonamides is 1. The number of morpholine rings is 1. The quantitative estimate of drug-likeness (QED) is 0.449. The van der Waals surface area contributed by atoms with Gasteiger partial charge in [-0.1, -0.05) is 18.2 Å². The molecule has 0 N–H and O–H groups in total. The second-order valence-corrected chi connectivity index (χ2v) is 9.26. The highest BCUT2D eigenvalue weighted by atomic mass is 32.2. The Balaban J connectivity index is 1.52. The molecular formula is C24H24N2O7S. The largest absolute Gasteiger partial charge is 0.495 e. The highest BCUT2D eigenvalue weighted by molar-refractivity contribution is 7.89. The van der Waals surface area contributed by atoms with E-state index in [0.29, 0.717) is 30.3 Å². The molecule has 1 aromatic heterocycles. The molecule has 0 amide bonds. The minimum Gasteiger partial charge on any atom is -0.495 e. The van der Waals surface area contributed by atoms with Gasteiger partial charge in [-0.3, -0.25) is 4.98 Å². The summed E-state index contributed by atoms with van der Waals surface area (Å²) in [6, 6.07) is 14.9. The molecule has 1 fully saturated rings. The summed E-state index contributed by atoms with van der Waals surface area (Å²) in [6.45, 7) is 1.02. The first-order chi connectivity index (χ1) is 16.5. The normalized spacial score (nSPS) is 14.4. The van der Waals surface area contributed by atoms with Crippen molar-refractivity contribution >= 4 is 16.0 Å². The standard InChI is InChI=1S/C24H24N2O7S/c1-30-22-9-8-18(15-23(22)34(28,29)26-11-13-31-14-12-26)24(27)32-17-19-5-2-3-7-21(19)33-20-6-4-10-25-16-20/h2-10,15-16H,11-14,17H2,1H3. The maximum Gasteiger partial charge on any atom is 0.338 e. The number of aromatic nitrogens is 1. The van der Waals surface area contributed by atoms with Crippen molar-refractivity contribution in [3.8, 4) is 17.2 Å². The summed E-state index contributed by atoms with van der Waals surface area (Å²) in [5.74, 6) is 0.554. The van der Waals surface area contributed by atoms with Gasteiger partial charge in [0.1, 0.15) is 28.8 Å². The van der Waals surface area contributed by atoms with Gasteiger partial charge in [0, 0.05) is 24.8 Å². The lowest BCUT2D eigenvalue weighted by atomic mass is 10.2. The number of rotatable bonds is 8. The number of benzene rings is 2. The van der Waals surface area contributed by atoms with Crippen LogP contribution in [0.25, 0.3) is 0 Å². The van der Waals surface area contributed by atoms with Gasteiger partial charge in [-0.25, -0.2) is 13.2 Å². The second-order valence-electron chi connectivity index (χ2n) is 7.36. The fraction of sp³-hybridized carbons (Fsp3) is 0.250. The van der Waals surface area contributed by atoms with Gasteiger partial charge in [0.15, 0.2) is 0 Å². The molecule has 4 rings (SSSR count). The Morgan fingerprint density at radius 1 is 1.06 bits per heavy atom. The van der Waals surface area contributed by atoms with E-state index in [2.05, 4.69) is 4.98 Å².